The summed E-state index contributed by atoms with van der Waals surface area (Å²) in [4.78, 5) is 0. The van der Waals surface area contributed by atoms with Crippen molar-refractivity contribution in [3.63, 3.8) is 0 Å². The van der Waals surface area contributed by atoms with Crippen LogP contribution in [0.2, 0.25) is 0 Å². The fourth-order valence-electron chi connectivity index (χ4n) is 1.63. The van der Waals surface area contributed by atoms with Gasteiger partial charge in [0.2, 0.25) is 0 Å². The van der Waals surface area contributed by atoms with Crippen LogP contribution in [0, 0.1) is 0 Å². The molecule has 3 heteroatoms. The van der Waals surface area contributed by atoms with Crippen LogP contribution in [-0.4, -0.2) is 32.5 Å². The molecule has 0 bridgehead atoms. The Kier molecular flexibility index (Phi) is 6.08. The van der Waals surface area contributed by atoms with Crippen molar-refractivity contribution in [1.29, 1.82) is 0 Å². The first-order chi connectivity index (χ1) is 7.81. The Hall–Kier alpha value is -0.900. The van der Waals surface area contributed by atoms with Crippen molar-refractivity contribution in [2.24, 2.45) is 0 Å². The van der Waals surface area contributed by atoms with Crippen LogP contribution < -0.4 is 0 Å². The lowest BCUT2D eigenvalue weighted by Gasteiger charge is -2.14. The van der Waals surface area contributed by atoms with Gasteiger partial charge in [-0.2, -0.15) is 0 Å². The Bertz CT molecular complexity index is 282. The summed E-state index contributed by atoms with van der Waals surface area (Å²) in [6.45, 7) is 0.804. The molecule has 1 aromatic rings. The number of hydrogen-bond donors (Lipinski definition) is 1. The minimum Gasteiger partial charge on any atom is -0.396 e. The van der Waals surface area contributed by atoms with Crippen LogP contribution in [0.1, 0.15) is 23.7 Å². The van der Waals surface area contributed by atoms with Crippen LogP contribution in [-0.2, 0) is 15.9 Å². The number of aliphatic hydroxyl groups excluding tert-OH is 1. The second-order valence-corrected chi connectivity index (χ2v) is 3.75. The van der Waals surface area contributed by atoms with E-state index >= 15 is 0 Å². The summed E-state index contributed by atoms with van der Waals surface area (Å²) in [5, 5.41) is 8.74. The first kappa shape index (κ1) is 13.2. The third-order valence-corrected chi connectivity index (χ3v) is 2.58. The molecular weight excluding hydrogens is 204 g/mol. The molecule has 0 saturated heterocycles. The Balaban J connectivity index is 2.61. The van der Waals surface area contributed by atoms with Gasteiger partial charge in [0.25, 0.3) is 0 Å². The van der Waals surface area contributed by atoms with Gasteiger partial charge in [-0.1, -0.05) is 24.3 Å². The molecule has 0 saturated carbocycles. The zero-order chi connectivity index (χ0) is 11.8. The topological polar surface area (TPSA) is 38.7 Å². The Morgan fingerprint density at radius 2 is 1.88 bits per heavy atom. The molecule has 0 fully saturated rings. The van der Waals surface area contributed by atoms with E-state index in [2.05, 4.69) is 24.3 Å². The number of benzene rings is 1. The van der Waals surface area contributed by atoms with E-state index in [0.717, 1.165) is 18.4 Å². The van der Waals surface area contributed by atoms with Crippen molar-refractivity contribution in [2.45, 2.75) is 18.9 Å². The lowest BCUT2D eigenvalue weighted by molar-refractivity contribution is 0.0275. The van der Waals surface area contributed by atoms with Crippen molar-refractivity contribution in [3.8, 4) is 0 Å². The summed E-state index contributed by atoms with van der Waals surface area (Å²) in [6.07, 6.45) is 1.72. The van der Waals surface area contributed by atoms with E-state index in [9.17, 15) is 0 Å². The Labute approximate surface area is 97.0 Å². The van der Waals surface area contributed by atoms with E-state index in [4.69, 9.17) is 14.6 Å². The van der Waals surface area contributed by atoms with Crippen LogP contribution in [0.3, 0.4) is 0 Å². The lowest BCUT2D eigenvalue weighted by Crippen LogP contribution is -2.08. The zero-order valence-corrected chi connectivity index (χ0v) is 9.98. The second-order valence-electron chi connectivity index (χ2n) is 3.75. The lowest BCUT2D eigenvalue weighted by atomic mass is 10.0. The number of aliphatic hydroxyl groups is 1. The third kappa shape index (κ3) is 3.93. The highest BCUT2D eigenvalue weighted by Gasteiger charge is 2.09. The summed E-state index contributed by atoms with van der Waals surface area (Å²) in [5.74, 6) is 0. The van der Waals surface area contributed by atoms with Gasteiger partial charge >= 0.3 is 0 Å². The van der Waals surface area contributed by atoms with Gasteiger partial charge in [0, 0.05) is 20.8 Å². The normalized spacial score (nSPS) is 12.7. The predicted octanol–water partition coefficient (Wildman–Crippen LogP) is 1.95. The predicted molar refractivity (Wildman–Crippen MR) is 63.5 cm³/mol. The Morgan fingerprint density at radius 1 is 1.19 bits per heavy atom. The van der Waals surface area contributed by atoms with Crippen molar-refractivity contribution in [1.82, 2.24) is 0 Å². The Morgan fingerprint density at radius 3 is 2.38 bits per heavy atom. The van der Waals surface area contributed by atoms with Crippen molar-refractivity contribution >= 4 is 0 Å². The summed E-state index contributed by atoms with van der Waals surface area (Å²) in [7, 11) is 3.35. The van der Waals surface area contributed by atoms with Crippen LogP contribution in [0.15, 0.2) is 24.3 Å². The molecule has 16 heavy (non-hydrogen) atoms. The van der Waals surface area contributed by atoms with E-state index in [1.54, 1.807) is 14.2 Å². The van der Waals surface area contributed by atoms with Crippen molar-refractivity contribution in [2.75, 3.05) is 27.4 Å². The molecule has 1 N–H and O–H groups in total. The van der Waals surface area contributed by atoms with E-state index < -0.39 is 0 Å². The molecule has 0 aliphatic heterocycles. The first-order valence-electron chi connectivity index (χ1n) is 5.53. The van der Waals surface area contributed by atoms with E-state index in [1.807, 2.05) is 0 Å². The summed E-state index contributed by atoms with van der Waals surface area (Å²) >= 11 is 0. The van der Waals surface area contributed by atoms with Crippen molar-refractivity contribution in [3.05, 3.63) is 35.4 Å². The summed E-state index contributed by atoms with van der Waals surface area (Å²) < 4.78 is 10.4. The molecule has 3 nitrogen and oxygen atoms in total. The van der Waals surface area contributed by atoms with Gasteiger partial charge in [0.1, 0.15) is 6.10 Å². The van der Waals surface area contributed by atoms with Crippen LogP contribution >= 0.6 is 0 Å². The second kappa shape index (κ2) is 7.39. The highest BCUT2D eigenvalue weighted by atomic mass is 16.5. The molecular formula is C13H20O3. The third-order valence-electron chi connectivity index (χ3n) is 2.58. The molecule has 1 aromatic carbocycles. The van der Waals surface area contributed by atoms with Gasteiger partial charge in [0.15, 0.2) is 0 Å². The molecule has 0 aromatic heterocycles. The standard InChI is InChI=1S/C13H20O3/c1-15-10-13(16-2)12-7-5-11(6-8-12)4-3-9-14/h5-8,13-14H,3-4,9-10H2,1-2H3. The van der Waals surface area contributed by atoms with Crippen LogP contribution in [0.4, 0.5) is 0 Å². The van der Waals surface area contributed by atoms with E-state index in [-0.39, 0.29) is 12.7 Å². The largest absolute Gasteiger partial charge is 0.396 e. The summed E-state index contributed by atoms with van der Waals surface area (Å²) in [5.41, 5.74) is 2.36. The number of aryl methyl sites for hydroxylation is 1. The average molecular weight is 224 g/mol. The maximum Gasteiger partial charge on any atom is 0.105 e. The minimum atomic E-state index is -0.00288. The molecule has 0 aliphatic carbocycles. The van der Waals surface area contributed by atoms with Gasteiger partial charge in [-0.3, -0.25) is 0 Å². The van der Waals surface area contributed by atoms with Gasteiger partial charge in [-0.25, -0.2) is 0 Å². The highest BCUT2D eigenvalue weighted by Crippen LogP contribution is 2.17. The van der Waals surface area contributed by atoms with Gasteiger partial charge < -0.3 is 14.6 Å². The molecule has 0 heterocycles. The molecule has 0 radical (unpaired) electrons. The number of methoxy groups -OCH3 is 2. The number of rotatable bonds is 7. The van der Waals surface area contributed by atoms with Gasteiger partial charge in [-0.05, 0) is 24.0 Å². The van der Waals surface area contributed by atoms with Gasteiger partial charge in [-0.15, -0.1) is 0 Å². The highest BCUT2D eigenvalue weighted by molar-refractivity contribution is 5.24. The average Bonchev–Trinajstić information content (AvgIpc) is 2.34. The molecule has 0 aliphatic rings. The quantitative estimate of drug-likeness (QED) is 0.769. The zero-order valence-electron chi connectivity index (χ0n) is 9.98. The molecule has 0 spiro atoms. The van der Waals surface area contributed by atoms with Crippen LogP contribution in [0.5, 0.6) is 0 Å². The summed E-state index contributed by atoms with van der Waals surface area (Å²) in [6, 6.07) is 8.26. The first-order valence-corrected chi connectivity index (χ1v) is 5.53. The molecule has 1 rings (SSSR count). The van der Waals surface area contributed by atoms with E-state index in [0.29, 0.717) is 6.61 Å². The molecule has 90 valence electrons. The maximum atomic E-state index is 8.74. The minimum absolute atomic E-state index is 0.00288. The fourth-order valence-corrected chi connectivity index (χ4v) is 1.63. The van der Waals surface area contributed by atoms with E-state index in [1.165, 1.54) is 5.56 Å². The maximum absolute atomic E-state index is 8.74. The number of ether oxygens (including phenoxy) is 2. The van der Waals surface area contributed by atoms with Crippen LogP contribution in [0.25, 0.3) is 0 Å². The SMILES string of the molecule is COCC(OC)c1ccc(CCCO)cc1. The molecule has 1 unspecified atom stereocenters. The van der Waals surface area contributed by atoms with Crippen molar-refractivity contribution < 1.29 is 14.6 Å². The monoisotopic (exact) mass is 224 g/mol. The fraction of sp³-hybridized carbons (Fsp3) is 0.538. The van der Waals surface area contributed by atoms with Gasteiger partial charge in [0.05, 0.1) is 6.61 Å². The number of hydrogen-bond acceptors (Lipinski definition) is 3. The smallest absolute Gasteiger partial charge is 0.105 e. The molecule has 1 atom stereocenters. The molecule has 0 amide bonds.